The highest BCUT2D eigenvalue weighted by Crippen LogP contribution is 2.26. The number of hydrogen-bond acceptors (Lipinski definition) is 9. The number of morpholine rings is 1. The van der Waals surface area contributed by atoms with Crippen LogP contribution in [0.25, 0.3) is 11.1 Å². The van der Waals surface area contributed by atoms with Crippen molar-refractivity contribution in [3.8, 4) is 11.1 Å². The third-order valence-electron chi connectivity index (χ3n) is 6.64. The number of aliphatic hydroxyl groups is 1. The number of benzene rings is 2. The summed E-state index contributed by atoms with van der Waals surface area (Å²) in [4.78, 5) is 39.2. The number of aromatic amines is 1. The number of hydrogen-bond donors (Lipinski definition) is 3. The van der Waals surface area contributed by atoms with E-state index in [0.29, 0.717) is 41.3 Å². The van der Waals surface area contributed by atoms with Gasteiger partial charge in [0.05, 0.1) is 26.4 Å². The predicted molar refractivity (Wildman–Crippen MR) is 152 cm³/mol. The Bertz CT molecular complexity index is 1380. The molecule has 3 N–H and O–H groups in total. The second kappa shape index (κ2) is 15.0. The molecule has 11 nitrogen and oxygen atoms in total. The maximum absolute atomic E-state index is 14.3. The first kappa shape index (κ1) is 31.3. The molecule has 0 spiro atoms. The smallest absolute Gasteiger partial charge is 0.336 e. The summed E-state index contributed by atoms with van der Waals surface area (Å²) < 4.78 is 24.9. The minimum Gasteiger partial charge on any atom is -0.464 e. The lowest BCUT2D eigenvalue weighted by molar-refractivity contribution is -0.155. The third kappa shape index (κ3) is 8.91. The number of hydrazine groups is 1. The van der Waals surface area contributed by atoms with Crippen molar-refractivity contribution in [1.82, 2.24) is 25.5 Å². The van der Waals surface area contributed by atoms with Crippen LogP contribution in [0.1, 0.15) is 39.9 Å². The number of halogens is 2. The Morgan fingerprint density at radius 3 is 2.62 bits per heavy atom. The molecule has 224 valence electrons. The number of carbonyl (C=O) groups is 3. The van der Waals surface area contributed by atoms with Gasteiger partial charge in [0, 0.05) is 43.7 Å². The number of amides is 1. The number of ether oxygens (including phenoxy) is 2. The van der Waals surface area contributed by atoms with Crippen LogP contribution in [-0.4, -0.2) is 95.0 Å². The number of rotatable bonds is 13. The number of ketones is 1. The minimum absolute atomic E-state index is 0.0251. The molecule has 2 heterocycles. The van der Waals surface area contributed by atoms with Gasteiger partial charge in [0.15, 0.2) is 11.9 Å². The Kier molecular flexibility index (Phi) is 11.2. The van der Waals surface area contributed by atoms with E-state index in [4.69, 9.17) is 21.1 Å². The van der Waals surface area contributed by atoms with Crippen LogP contribution in [0.15, 0.2) is 48.5 Å². The molecular formula is C29H33ClFN5O6. The first-order valence-electron chi connectivity index (χ1n) is 13.5. The van der Waals surface area contributed by atoms with E-state index < -0.39 is 23.8 Å². The molecule has 0 saturated carbocycles. The van der Waals surface area contributed by atoms with E-state index >= 15 is 0 Å². The number of Topliss-reactive ketones (excluding diaryl/α,β-unsaturated/α-hetero) is 1. The summed E-state index contributed by atoms with van der Waals surface area (Å²) in [6.45, 7) is 5.01. The summed E-state index contributed by atoms with van der Waals surface area (Å²) in [6.07, 6.45) is -0.945. The van der Waals surface area contributed by atoms with Gasteiger partial charge < -0.3 is 14.6 Å². The van der Waals surface area contributed by atoms with Gasteiger partial charge in [-0.25, -0.2) is 14.2 Å². The van der Waals surface area contributed by atoms with E-state index in [0.717, 1.165) is 19.6 Å². The first-order chi connectivity index (χ1) is 20.2. The van der Waals surface area contributed by atoms with Crippen LogP contribution < -0.4 is 5.43 Å². The summed E-state index contributed by atoms with van der Waals surface area (Å²) in [5, 5.41) is 18.7. The molecule has 1 fully saturated rings. The molecule has 1 atom stereocenters. The van der Waals surface area contributed by atoms with Crippen molar-refractivity contribution in [3.05, 3.63) is 76.3 Å². The molecule has 4 rings (SSSR count). The summed E-state index contributed by atoms with van der Waals surface area (Å²) in [5.41, 5.74) is 4.40. The summed E-state index contributed by atoms with van der Waals surface area (Å²) in [7, 11) is 0. The quantitative estimate of drug-likeness (QED) is 0.117. The van der Waals surface area contributed by atoms with E-state index in [9.17, 15) is 23.9 Å². The second-order valence-electron chi connectivity index (χ2n) is 9.86. The normalized spacial score (nSPS) is 14.5. The molecule has 1 saturated heterocycles. The molecule has 0 bridgehead atoms. The maximum Gasteiger partial charge on any atom is 0.336 e. The molecule has 1 amide bonds. The monoisotopic (exact) mass is 601 g/mol. The highest BCUT2D eigenvalue weighted by atomic mass is 35.5. The average Bonchev–Trinajstić information content (AvgIpc) is 3.49. The molecule has 3 aromatic rings. The highest BCUT2D eigenvalue weighted by molar-refractivity contribution is 6.30. The molecule has 1 aromatic heterocycles. The van der Waals surface area contributed by atoms with E-state index in [1.165, 1.54) is 36.2 Å². The molecule has 0 unspecified atom stereocenters. The number of nitrogens with zero attached hydrogens (tertiary/aromatic N) is 3. The van der Waals surface area contributed by atoms with Crippen molar-refractivity contribution in [2.45, 2.75) is 26.0 Å². The Morgan fingerprint density at radius 1 is 1.19 bits per heavy atom. The van der Waals surface area contributed by atoms with E-state index in [1.54, 1.807) is 24.3 Å². The van der Waals surface area contributed by atoms with E-state index in [2.05, 4.69) is 20.5 Å². The van der Waals surface area contributed by atoms with Crippen LogP contribution in [0.3, 0.4) is 0 Å². The highest BCUT2D eigenvalue weighted by Gasteiger charge is 2.24. The number of esters is 1. The van der Waals surface area contributed by atoms with Crippen LogP contribution in [-0.2, 0) is 20.8 Å². The molecule has 2 aromatic carbocycles. The number of H-pyrrole nitrogens is 1. The molecule has 0 aliphatic carbocycles. The first-order valence-corrected chi connectivity index (χ1v) is 13.9. The summed E-state index contributed by atoms with van der Waals surface area (Å²) in [6, 6.07) is 12.5. The number of aliphatic hydroxyl groups excluding tert-OH is 1. The zero-order valence-electron chi connectivity index (χ0n) is 23.1. The third-order valence-corrected chi connectivity index (χ3v) is 6.88. The van der Waals surface area contributed by atoms with E-state index in [-0.39, 0.29) is 36.9 Å². The standard InChI is InChI=1S/C29H33ClFN5O6/c1-19(37)25-16-26(33-32-25)28(39)34-36(18-27(38)29(40)42-12-2-9-35-10-13-41-14-11-35)17-20-3-5-21(6-4-20)23-15-22(30)7-8-24(23)31/h3-8,15-16,27,38H,2,9-14,17-18H2,1H3,(H,32,33)(H,34,39)/t27-/m1/s1. The Balaban J connectivity index is 1.40. The lowest BCUT2D eigenvalue weighted by atomic mass is 10.0. The van der Waals surface area contributed by atoms with Gasteiger partial charge in [0.25, 0.3) is 5.91 Å². The summed E-state index contributed by atoms with van der Waals surface area (Å²) in [5.74, 6) is -2.18. The minimum atomic E-state index is -1.55. The molecule has 1 aliphatic heterocycles. The predicted octanol–water partition coefficient (Wildman–Crippen LogP) is 2.85. The SMILES string of the molecule is CC(=O)c1cc(C(=O)NN(Cc2ccc(-c3cc(Cl)ccc3F)cc2)C[C@@H](O)C(=O)OCCCN2CCOCC2)[nH]n1. The molecule has 42 heavy (non-hydrogen) atoms. The van der Waals surface area contributed by atoms with Crippen LogP contribution in [0.4, 0.5) is 4.39 Å². The van der Waals surface area contributed by atoms with Gasteiger partial charge in [-0.05, 0) is 41.8 Å². The van der Waals surface area contributed by atoms with Gasteiger partial charge in [-0.2, -0.15) is 5.10 Å². The van der Waals surface area contributed by atoms with Crippen molar-refractivity contribution in [1.29, 1.82) is 0 Å². The lowest BCUT2D eigenvalue weighted by Crippen LogP contribution is -2.47. The Hall–Kier alpha value is -3.68. The van der Waals surface area contributed by atoms with Crippen molar-refractivity contribution in [2.24, 2.45) is 0 Å². The van der Waals surface area contributed by atoms with Crippen LogP contribution in [0, 0.1) is 5.82 Å². The number of aromatic nitrogens is 2. The van der Waals surface area contributed by atoms with Gasteiger partial charge in [-0.15, -0.1) is 0 Å². The van der Waals surface area contributed by atoms with Crippen molar-refractivity contribution in [2.75, 3.05) is 46.0 Å². The average molecular weight is 602 g/mol. The van der Waals surface area contributed by atoms with Gasteiger partial charge in [0.1, 0.15) is 17.2 Å². The van der Waals surface area contributed by atoms with Crippen molar-refractivity contribution in [3.63, 3.8) is 0 Å². The van der Waals surface area contributed by atoms with Gasteiger partial charge >= 0.3 is 5.97 Å². The van der Waals surface area contributed by atoms with Crippen LogP contribution in [0.5, 0.6) is 0 Å². The topological polar surface area (TPSA) is 137 Å². The fourth-order valence-corrected chi connectivity index (χ4v) is 4.54. The van der Waals surface area contributed by atoms with Gasteiger partial charge in [-0.3, -0.25) is 25.0 Å². The van der Waals surface area contributed by atoms with Crippen LogP contribution >= 0.6 is 11.6 Å². The Morgan fingerprint density at radius 2 is 1.93 bits per heavy atom. The van der Waals surface area contributed by atoms with Crippen molar-refractivity contribution >= 4 is 29.3 Å². The maximum atomic E-state index is 14.3. The molecule has 1 aliphatic rings. The second-order valence-corrected chi connectivity index (χ2v) is 10.3. The van der Waals surface area contributed by atoms with Crippen molar-refractivity contribution < 1.29 is 33.4 Å². The zero-order chi connectivity index (χ0) is 30.1. The van der Waals surface area contributed by atoms with Gasteiger partial charge in [0.2, 0.25) is 0 Å². The van der Waals surface area contributed by atoms with Gasteiger partial charge in [-0.1, -0.05) is 35.9 Å². The molecule has 0 radical (unpaired) electrons. The summed E-state index contributed by atoms with van der Waals surface area (Å²) >= 11 is 6.03. The largest absolute Gasteiger partial charge is 0.464 e. The van der Waals surface area contributed by atoms with E-state index in [1.807, 2.05) is 0 Å². The fraction of sp³-hybridized carbons (Fsp3) is 0.379. The molecule has 13 heteroatoms. The number of carbonyl (C=O) groups excluding carboxylic acids is 3. The Labute approximate surface area is 247 Å². The number of nitrogens with one attached hydrogen (secondary N) is 2. The molecular weight excluding hydrogens is 569 g/mol. The van der Waals surface area contributed by atoms with Crippen LogP contribution in [0.2, 0.25) is 5.02 Å². The fourth-order valence-electron chi connectivity index (χ4n) is 4.37. The zero-order valence-corrected chi connectivity index (χ0v) is 23.9. The lowest BCUT2D eigenvalue weighted by Gasteiger charge is -2.26.